The smallest absolute Gasteiger partial charge is 0.337 e. The molecule has 0 saturated heterocycles. The maximum absolute atomic E-state index is 12.0. The molecule has 4 nitrogen and oxygen atoms in total. The van der Waals surface area contributed by atoms with Crippen LogP contribution in [0.4, 0.5) is 0 Å². The van der Waals surface area contributed by atoms with Crippen LogP contribution < -0.4 is 5.32 Å². The van der Waals surface area contributed by atoms with Gasteiger partial charge in [-0.1, -0.05) is 13.0 Å². The van der Waals surface area contributed by atoms with E-state index >= 15 is 0 Å². The van der Waals surface area contributed by atoms with E-state index in [4.69, 9.17) is 5.11 Å². The minimum atomic E-state index is -1.10. The number of hydrogen-bond acceptors (Lipinski definition) is 3. The van der Waals surface area contributed by atoms with Gasteiger partial charge in [0.05, 0.1) is 11.1 Å². The lowest BCUT2D eigenvalue weighted by molar-refractivity contribution is 0.0689. The zero-order chi connectivity index (χ0) is 13.9. The third-order valence-corrected chi connectivity index (χ3v) is 3.90. The Hall–Kier alpha value is -0.760. The number of nitrogens with one attached hydrogen (secondary N) is 1. The lowest BCUT2D eigenvalue weighted by Gasteiger charge is -2.17. The van der Waals surface area contributed by atoms with Gasteiger partial charge >= 0.3 is 5.97 Å². The third-order valence-electron chi connectivity index (χ3n) is 2.55. The van der Waals surface area contributed by atoms with Crippen molar-refractivity contribution in [3.05, 3.63) is 32.9 Å². The standard InChI is InChI=1S/C12H14INO3S/c1-6(7(2)18)14-11(15)8-4-3-5-9(13)10(8)12(16)17/h3-7,18H,1-2H3,(H,14,15)(H,16,17). The first kappa shape index (κ1) is 15.3. The minimum absolute atomic E-state index is 0.00925. The number of amides is 1. The van der Waals surface area contributed by atoms with Gasteiger partial charge < -0.3 is 10.4 Å². The molecule has 1 amide bonds. The predicted molar refractivity (Wildman–Crippen MR) is 81.5 cm³/mol. The van der Waals surface area contributed by atoms with E-state index in [0.717, 1.165) is 0 Å². The van der Waals surface area contributed by atoms with Gasteiger partial charge in [0.25, 0.3) is 5.91 Å². The molecule has 0 spiro atoms. The Balaban J connectivity index is 3.06. The average molecular weight is 379 g/mol. The van der Waals surface area contributed by atoms with Crippen LogP contribution in [0.2, 0.25) is 0 Å². The van der Waals surface area contributed by atoms with Crippen LogP contribution in [0.3, 0.4) is 0 Å². The van der Waals surface area contributed by atoms with Crippen LogP contribution in [-0.4, -0.2) is 28.3 Å². The van der Waals surface area contributed by atoms with Crippen LogP contribution >= 0.6 is 35.2 Å². The van der Waals surface area contributed by atoms with Crippen LogP contribution in [0.15, 0.2) is 18.2 Å². The molecule has 0 fully saturated rings. The first-order valence-corrected chi connectivity index (χ1v) is 6.94. The van der Waals surface area contributed by atoms with Gasteiger partial charge in [0.15, 0.2) is 0 Å². The second-order valence-corrected chi connectivity index (χ2v) is 5.95. The van der Waals surface area contributed by atoms with E-state index in [1.54, 1.807) is 12.1 Å². The van der Waals surface area contributed by atoms with Crippen molar-refractivity contribution >= 4 is 47.1 Å². The van der Waals surface area contributed by atoms with Gasteiger partial charge in [0.1, 0.15) is 0 Å². The van der Waals surface area contributed by atoms with Crippen molar-refractivity contribution in [2.24, 2.45) is 0 Å². The number of carboxylic acid groups (broad SMARTS) is 1. The van der Waals surface area contributed by atoms with Crippen LogP contribution in [-0.2, 0) is 0 Å². The van der Waals surface area contributed by atoms with E-state index in [2.05, 4.69) is 17.9 Å². The molecule has 0 saturated carbocycles. The number of carboxylic acids is 1. The van der Waals surface area contributed by atoms with Gasteiger partial charge in [-0.25, -0.2) is 4.79 Å². The zero-order valence-electron chi connectivity index (χ0n) is 9.98. The summed E-state index contributed by atoms with van der Waals surface area (Å²) in [6, 6.07) is 4.69. The average Bonchev–Trinajstić information content (AvgIpc) is 2.27. The molecule has 0 aliphatic heterocycles. The molecule has 18 heavy (non-hydrogen) atoms. The summed E-state index contributed by atoms with van der Waals surface area (Å²) in [4.78, 5) is 23.2. The van der Waals surface area contributed by atoms with Gasteiger partial charge in [-0.3, -0.25) is 4.79 Å². The molecule has 1 aromatic rings. The summed E-state index contributed by atoms with van der Waals surface area (Å²) in [6.45, 7) is 3.69. The normalized spacial score (nSPS) is 13.8. The monoisotopic (exact) mass is 379 g/mol. The first-order valence-electron chi connectivity index (χ1n) is 5.35. The number of halogens is 1. The largest absolute Gasteiger partial charge is 0.478 e. The quantitative estimate of drug-likeness (QED) is 0.556. The molecule has 6 heteroatoms. The minimum Gasteiger partial charge on any atom is -0.478 e. The number of rotatable bonds is 4. The van der Waals surface area contributed by atoms with E-state index in [-0.39, 0.29) is 28.3 Å². The van der Waals surface area contributed by atoms with E-state index in [1.165, 1.54) is 6.07 Å². The molecule has 0 aliphatic carbocycles. The summed E-state index contributed by atoms with van der Waals surface area (Å²) in [6.07, 6.45) is 0. The van der Waals surface area contributed by atoms with Gasteiger partial charge in [0.2, 0.25) is 0 Å². The Bertz CT molecular complexity index is 476. The van der Waals surface area contributed by atoms with Crippen molar-refractivity contribution in [2.75, 3.05) is 0 Å². The molecule has 2 unspecified atom stereocenters. The van der Waals surface area contributed by atoms with Crippen LogP contribution in [0, 0.1) is 3.57 Å². The molecule has 2 atom stereocenters. The summed E-state index contributed by atoms with van der Waals surface area (Å²) in [5.74, 6) is -1.49. The highest BCUT2D eigenvalue weighted by Gasteiger charge is 2.21. The van der Waals surface area contributed by atoms with Gasteiger partial charge in [-0.15, -0.1) is 0 Å². The Labute approximate surface area is 125 Å². The van der Waals surface area contributed by atoms with Crippen molar-refractivity contribution < 1.29 is 14.7 Å². The Kier molecular flexibility index (Phi) is 5.46. The fourth-order valence-electron chi connectivity index (χ4n) is 1.34. The number of benzene rings is 1. The van der Waals surface area contributed by atoms with Crippen LogP contribution in [0.1, 0.15) is 34.6 Å². The summed E-state index contributed by atoms with van der Waals surface area (Å²) >= 11 is 6.14. The molecular weight excluding hydrogens is 365 g/mol. The highest BCUT2D eigenvalue weighted by Crippen LogP contribution is 2.17. The summed E-state index contributed by atoms with van der Waals surface area (Å²) in [7, 11) is 0. The van der Waals surface area contributed by atoms with Crippen molar-refractivity contribution in [3.63, 3.8) is 0 Å². The first-order chi connectivity index (χ1) is 8.34. The maximum Gasteiger partial charge on any atom is 0.337 e. The molecule has 0 aromatic heterocycles. The topological polar surface area (TPSA) is 66.4 Å². The molecule has 0 heterocycles. The molecule has 1 rings (SSSR count). The van der Waals surface area contributed by atoms with E-state index in [0.29, 0.717) is 3.57 Å². The van der Waals surface area contributed by atoms with Crippen molar-refractivity contribution in [3.8, 4) is 0 Å². The van der Waals surface area contributed by atoms with Crippen LogP contribution in [0.5, 0.6) is 0 Å². The van der Waals surface area contributed by atoms with E-state index in [9.17, 15) is 9.59 Å². The summed E-state index contributed by atoms with van der Waals surface area (Å²) in [5, 5.41) is 11.9. The van der Waals surface area contributed by atoms with Crippen LogP contribution in [0.25, 0.3) is 0 Å². The lowest BCUT2D eigenvalue weighted by atomic mass is 10.1. The SMILES string of the molecule is CC(S)C(C)NC(=O)c1cccc(I)c1C(=O)O. The van der Waals surface area contributed by atoms with Crippen molar-refractivity contribution in [1.82, 2.24) is 5.32 Å². The summed E-state index contributed by atoms with van der Waals surface area (Å²) < 4.78 is 0.541. The molecule has 0 aliphatic rings. The number of carbonyl (C=O) groups is 2. The Morgan fingerprint density at radius 3 is 2.50 bits per heavy atom. The highest BCUT2D eigenvalue weighted by atomic mass is 127. The number of aromatic carboxylic acids is 1. The predicted octanol–water partition coefficient (Wildman–Crippen LogP) is 2.43. The van der Waals surface area contributed by atoms with Gasteiger partial charge in [-0.05, 0) is 41.6 Å². The second kappa shape index (κ2) is 6.42. The Morgan fingerprint density at radius 1 is 1.39 bits per heavy atom. The fourth-order valence-corrected chi connectivity index (χ4v) is 2.14. The van der Waals surface area contributed by atoms with Gasteiger partial charge in [-0.2, -0.15) is 12.6 Å². The third kappa shape index (κ3) is 3.61. The number of hydrogen-bond donors (Lipinski definition) is 3. The number of carbonyl (C=O) groups excluding carboxylic acids is 1. The van der Waals surface area contributed by atoms with Crippen molar-refractivity contribution in [1.29, 1.82) is 0 Å². The summed E-state index contributed by atoms with van der Waals surface area (Å²) in [5.41, 5.74) is 0.213. The second-order valence-electron chi connectivity index (χ2n) is 3.97. The molecule has 98 valence electrons. The Morgan fingerprint density at radius 2 is 2.00 bits per heavy atom. The number of thiol groups is 1. The molecule has 0 bridgehead atoms. The molecule has 0 radical (unpaired) electrons. The molecule has 2 N–H and O–H groups in total. The highest BCUT2D eigenvalue weighted by molar-refractivity contribution is 14.1. The van der Waals surface area contributed by atoms with Gasteiger partial charge in [0, 0.05) is 14.9 Å². The van der Waals surface area contributed by atoms with E-state index < -0.39 is 5.97 Å². The lowest BCUT2D eigenvalue weighted by Crippen LogP contribution is -2.38. The zero-order valence-corrected chi connectivity index (χ0v) is 13.0. The molecular formula is C12H14INO3S. The fraction of sp³-hybridized carbons (Fsp3) is 0.333. The molecule has 1 aromatic carbocycles. The van der Waals surface area contributed by atoms with Crippen molar-refractivity contribution in [2.45, 2.75) is 25.1 Å². The maximum atomic E-state index is 12.0. The van der Waals surface area contributed by atoms with E-state index in [1.807, 2.05) is 36.4 Å².